The maximum atomic E-state index is 10.6. The number of H-pyrrole nitrogens is 1. The van der Waals surface area contributed by atoms with E-state index in [4.69, 9.17) is 24.1 Å². The molecular weight excluding hydrogens is 493 g/mol. The maximum absolute atomic E-state index is 10.6. The lowest BCUT2D eigenvalue weighted by Gasteiger charge is -2.33. The quantitative estimate of drug-likeness (QED) is 0.403. The van der Waals surface area contributed by atoms with E-state index in [2.05, 4.69) is 32.0 Å². The summed E-state index contributed by atoms with van der Waals surface area (Å²) in [6.07, 6.45) is -5.08. The monoisotopic (exact) mass is 518 g/mol. The number of aliphatic carboxylic acids is 1. The van der Waals surface area contributed by atoms with Crippen LogP contribution in [0.3, 0.4) is 0 Å². The number of fused-ring (bicyclic) bond motifs is 1. The van der Waals surface area contributed by atoms with E-state index >= 15 is 0 Å². The van der Waals surface area contributed by atoms with Gasteiger partial charge in [-0.1, -0.05) is 11.2 Å². The number of carboxylic acid groups (broad SMARTS) is 1. The Morgan fingerprint density at radius 3 is 2.54 bits per heavy atom. The number of ether oxygens (including phenoxy) is 1. The minimum absolute atomic E-state index is 0.436. The van der Waals surface area contributed by atoms with Crippen molar-refractivity contribution in [1.82, 2.24) is 25.0 Å². The van der Waals surface area contributed by atoms with Gasteiger partial charge >= 0.3 is 12.1 Å². The molecule has 37 heavy (non-hydrogen) atoms. The van der Waals surface area contributed by atoms with Gasteiger partial charge in [0.05, 0.1) is 6.61 Å². The lowest BCUT2D eigenvalue weighted by atomic mass is 10.2. The number of aromatic nitrogens is 4. The van der Waals surface area contributed by atoms with Crippen LogP contribution in [0.25, 0.3) is 34.0 Å². The van der Waals surface area contributed by atoms with Crippen LogP contribution >= 0.6 is 0 Å². The van der Waals surface area contributed by atoms with E-state index in [9.17, 15) is 13.2 Å². The van der Waals surface area contributed by atoms with Crippen LogP contribution in [0.15, 0.2) is 47.0 Å². The molecule has 0 saturated carbocycles. The molecule has 0 bridgehead atoms. The molecule has 0 spiro atoms. The van der Waals surface area contributed by atoms with Gasteiger partial charge in [-0.3, -0.25) is 0 Å². The number of aromatic amines is 1. The number of pyridine rings is 1. The topological polar surface area (TPSA) is 121 Å². The fourth-order valence-corrected chi connectivity index (χ4v) is 3.67. The van der Waals surface area contributed by atoms with Crippen LogP contribution in [0.5, 0.6) is 5.75 Å². The molecule has 10 nitrogen and oxygen atoms in total. The minimum Gasteiger partial charge on any atom is -0.494 e. The van der Waals surface area contributed by atoms with Gasteiger partial charge in [0.25, 0.3) is 5.89 Å². The van der Waals surface area contributed by atoms with E-state index in [0.717, 1.165) is 54.3 Å². The number of anilines is 1. The first-order chi connectivity index (χ1) is 17.6. The molecule has 4 heterocycles. The van der Waals surface area contributed by atoms with E-state index in [1.165, 1.54) is 0 Å². The number of alkyl halides is 3. The first-order valence-electron chi connectivity index (χ1n) is 11.4. The van der Waals surface area contributed by atoms with Gasteiger partial charge in [0, 0.05) is 43.1 Å². The summed E-state index contributed by atoms with van der Waals surface area (Å²) >= 11 is 0. The summed E-state index contributed by atoms with van der Waals surface area (Å²) in [5, 5.41) is 12.3. The van der Waals surface area contributed by atoms with E-state index in [-0.39, 0.29) is 0 Å². The lowest BCUT2D eigenvalue weighted by Crippen LogP contribution is -2.44. The molecule has 1 fully saturated rings. The molecule has 0 unspecified atom stereocenters. The second kappa shape index (κ2) is 10.9. The Labute approximate surface area is 209 Å². The number of piperazine rings is 1. The molecule has 3 aromatic heterocycles. The van der Waals surface area contributed by atoms with Crippen molar-refractivity contribution in [2.75, 3.05) is 44.7 Å². The van der Waals surface area contributed by atoms with Crippen LogP contribution in [0.2, 0.25) is 0 Å². The molecule has 196 valence electrons. The number of nitrogens with zero attached hydrogens (tertiary/aromatic N) is 5. The Morgan fingerprint density at radius 1 is 1.14 bits per heavy atom. The number of carboxylic acids is 1. The number of hydrogen-bond donors (Lipinski definition) is 2. The zero-order valence-corrected chi connectivity index (χ0v) is 20.1. The van der Waals surface area contributed by atoms with Crippen LogP contribution in [-0.4, -0.2) is 82.1 Å². The Kier molecular flexibility index (Phi) is 7.62. The van der Waals surface area contributed by atoms with Crippen molar-refractivity contribution in [2.45, 2.75) is 13.1 Å². The molecule has 0 amide bonds. The third kappa shape index (κ3) is 6.36. The summed E-state index contributed by atoms with van der Waals surface area (Å²) in [6.45, 7) is 6.59. The van der Waals surface area contributed by atoms with Gasteiger partial charge in [-0.15, -0.1) is 0 Å². The smallest absolute Gasteiger partial charge is 0.490 e. The van der Waals surface area contributed by atoms with Gasteiger partial charge in [0.1, 0.15) is 23.0 Å². The zero-order valence-electron chi connectivity index (χ0n) is 20.1. The van der Waals surface area contributed by atoms with Gasteiger partial charge in [0.2, 0.25) is 5.82 Å². The fraction of sp³-hybridized carbons (Fsp3) is 0.333. The average Bonchev–Trinajstić information content (AvgIpc) is 3.52. The highest BCUT2D eigenvalue weighted by molar-refractivity contribution is 5.85. The fourth-order valence-electron chi connectivity index (χ4n) is 3.67. The molecule has 5 rings (SSSR count). The van der Waals surface area contributed by atoms with Crippen molar-refractivity contribution in [3.05, 3.63) is 42.5 Å². The summed E-state index contributed by atoms with van der Waals surface area (Å²) in [5.74, 6) is -0.0661. The third-order valence-corrected chi connectivity index (χ3v) is 5.59. The highest BCUT2D eigenvalue weighted by Gasteiger charge is 2.38. The highest BCUT2D eigenvalue weighted by Crippen LogP contribution is 2.28. The second-order valence-corrected chi connectivity index (χ2v) is 8.26. The molecule has 0 radical (unpaired) electrons. The van der Waals surface area contributed by atoms with Crippen LogP contribution in [-0.2, 0) is 4.79 Å². The first-order valence-corrected chi connectivity index (χ1v) is 11.4. The Bertz CT molecular complexity index is 1360. The number of rotatable bonds is 5. The molecule has 2 N–H and O–H groups in total. The largest absolute Gasteiger partial charge is 0.494 e. The van der Waals surface area contributed by atoms with Gasteiger partial charge in [-0.2, -0.15) is 18.2 Å². The van der Waals surface area contributed by atoms with Crippen LogP contribution < -0.4 is 9.64 Å². The summed E-state index contributed by atoms with van der Waals surface area (Å²) < 4.78 is 42.8. The minimum atomic E-state index is -5.08. The molecule has 0 aliphatic carbocycles. The van der Waals surface area contributed by atoms with Crippen molar-refractivity contribution in [1.29, 1.82) is 0 Å². The predicted molar refractivity (Wildman–Crippen MR) is 129 cm³/mol. The second-order valence-electron chi connectivity index (χ2n) is 8.26. The number of carbonyl (C=O) groups is 1. The van der Waals surface area contributed by atoms with Crippen LogP contribution in [0.4, 0.5) is 19.0 Å². The number of likely N-dealkylation sites (N-methyl/N-ethyl adjacent to an activating group) is 1. The molecule has 0 atom stereocenters. The van der Waals surface area contributed by atoms with E-state index in [1.54, 1.807) is 0 Å². The Morgan fingerprint density at radius 2 is 1.86 bits per heavy atom. The van der Waals surface area contributed by atoms with E-state index in [1.807, 2.05) is 49.4 Å². The molecule has 1 saturated heterocycles. The van der Waals surface area contributed by atoms with Gasteiger partial charge < -0.3 is 29.2 Å². The van der Waals surface area contributed by atoms with E-state index in [0.29, 0.717) is 24.0 Å². The van der Waals surface area contributed by atoms with Crippen molar-refractivity contribution < 1.29 is 32.3 Å². The van der Waals surface area contributed by atoms with Crippen molar-refractivity contribution in [2.24, 2.45) is 0 Å². The Balaban J connectivity index is 0.000000405. The number of benzene rings is 1. The first kappa shape index (κ1) is 25.9. The van der Waals surface area contributed by atoms with Crippen molar-refractivity contribution in [3.63, 3.8) is 0 Å². The zero-order chi connectivity index (χ0) is 26.6. The summed E-state index contributed by atoms with van der Waals surface area (Å²) in [5.41, 5.74) is 2.44. The summed E-state index contributed by atoms with van der Waals surface area (Å²) in [6, 6.07) is 13.9. The molecular formula is C24H25F3N6O4. The molecule has 4 aromatic rings. The summed E-state index contributed by atoms with van der Waals surface area (Å²) in [7, 11) is 2.14. The molecule has 1 aliphatic rings. The van der Waals surface area contributed by atoms with Crippen molar-refractivity contribution in [3.8, 4) is 28.9 Å². The predicted octanol–water partition coefficient (Wildman–Crippen LogP) is 4.06. The maximum Gasteiger partial charge on any atom is 0.490 e. The third-order valence-electron chi connectivity index (χ3n) is 5.59. The lowest BCUT2D eigenvalue weighted by molar-refractivity contribution is -0.192. The average molecular weight is 518 g/mol. The molecule has 13 heteroatoms. The molecule has 1 aromatic carbocycles. The number of hydrogen-bond acceptors (Lipinski definition) is 8. The van der Waals surface area contributed by atoms with Gasteiger partial charge in [-0.25, -0.2) is 9.78 Å². The standard InChI is InChI=1S/C22H24N6O2.C2HF3O2/c1-3-29-16-8-7-15-13-19(23-18(15)14-16)22-25-21(26-30-22)17-5-4-6-20(24-17)28-11-9-27(2)10-12-28;3-2(4,5)1(6)7/h4-8,13-14,23H,3,9-12H2,1-2H3;(H,6,7). The highest BCUT2D eigenvalue weighted by atomic mass is 19.4. The Hall–Kier alpha value is -4.13. The summed E-state index contributed by atoms with van der Waals surface area (Å²) in [4.78, 5) is 26.2. The van der Waals surface area contributed by atoms with Crippen LogP contribution in [0, 0.1) is 0 Å². The number of nitrogens with one attached hydrogen (secondary N) is 1. The van der Waals surface area contributed by atoms with Crippen molar-refractivity contribution >= 4 is 22.7 Å². The SMILES string of the molecule is CCOc1ccc2cc(-c3nc(-c4cccc(N5CCN(C)CC5)n4)no3)[nH]c2c1.O=C(O)C(F)(F)F. The van der Waals surface area contributed by atoms with Crippen LogP contribution in [0.1, 0.15) is 6.92 Å². The normalized spacial score (nSPS) is 14.4. The molecule has 1 aliphatic heterocycles. The van der Waals surface area contributed by atoms with Gasteiger partial charge in [0.15, 0.2) is 0 Å². The number of halogens is 3. The van der Waals surface area contributed by atoms with Gasteiger partial charge in [-0.05, 0) is 44.3 Å². The van der Waals surface area contributed by atoms with E-state index < -0.39 is 12.1 Å².